The van der Waals surface area contributed by atoms with Crippen LogP contribution in [0, 0.1) is 5.13 Å². The average molecular weight is 566 g/mol. The third kappa shape index (κ3) is 5.83. The van der Waals surface area contributed by atoms with E-state index in [1.54, 1.807) is 24.5 Å². The molecule has 0 aliphatic carbocycles. The van der Waals surface area contributed by atoms with E-state index in [2.05, 4.69) is 20.3 Å². The quantitative estimate of drug-likeness (QED) is 0.167. The molecule has 0 saturated carbocycles. The van der Waals surface area contributed by atoms with Crippen molar-refractivity contribution >= 4 is 43.5 Å². The number of thiophene rings is 1. The van der Waals surface area contributed by atoms with Crippen LogP contribution in [0.15, 0.2) is 94.2 Å². The van der Waals surface area contributed by atoms with E-state index in [0.29, 0.717) is 28.2 Å². The lowest BCUT2D eigenvalue weighted by atomic mass is 10.00. The van der Waals surface area contributed by atoms with Crippen molar-refractivity contribution in [1.29, 1.82) is 0 Å². The summed E-state index contributed by atoms with van der Waals surface area (Å²) in [5.41, 5.74) is 3.19. The minimum absolute atomic E-state index is 0.00970. The molecule has 0 saturated heterocycles. The second-order valence-corrected chi connectivity index (χ2v) is 11.4. The van der Waals surface area contributed by atoms with Gasteiger partial charge >= 0.3 is 0 Å². The molecule has 0 atom stereocenters. The van der Waals surface area contributed by atoms with Crippen LogP contribution in [0.2, 0.25) is 0 Å². The zero-order valence-electron chi connectivity index (χ0n) is 20.7. The van der Waals surface area contributed by atoms with Gasteiger partial charge in [-0.05, 0) is 53.4 Å². The van der Waals surface area contributed by atoms with Crippen LogP contribution in [0.5, 0.6) is 0 Å². The van der Waals surface area contributed by atoms with Crippen molar-refractivity contribution in [3.63, 3.8) is 0 Å². The van der Waals surface area contributed by atoms with Gasteiger partial charge in [0.25, 0.3) is 15.6 Å². The molecule has 0 radical (unpaired) electrons. The molecule has 3 aromatic heterocycles. The fourth-order valence-electron chi connectivity index (χ4n) is 3.97. The monoisotopic (exact) mass is 565 g/mol. The Hall–Kier alpha value is -4.10. The second kappa shape index (κ2) is 11.3. The SMILES string of the molecule is CNc1ccc2c(=O)n(-c3ccc(NCOCNS(=O)(=O)c4ccc(F)s4)cn3)cc(-c3ccccc3)c2c1. The van der Waals surface area contributed by atoms with Gasteiger partial charge in [0, 0.05) is 29.9 Å². The summed E-state index contributed by atoms with van der Waals surface area (Å²) in [6, 6.07) is 21.2. The van der Waals surface area contributed by atoms with E-state index < -0.39 is 15.2 Å². The molecule has 0 unspecified atom stereocenters. The van der Waals surface area contributed by atoms with Gasteiger partial charge in [-0.25, -0.2) is 13.4 Å². The number of nitrogens with one attached hydrogen (secondary N) is 3. The molecule has 0 spiro atoms. The summed E-state index contributed by atoms with van der Waals surface area (Å²) in [5.74, 6) is 0.444. The van der Waals surface area contributed by atoms with Crippen LogP contribution in [-0.2, 0) is 14.8 Å². The van der Waals surface area contributed by atoms with Crippen molar-refractivity contribution in [2.24, 2.45) is 0 Å². The van der Waals surface area contributed by atoms with Gasteiger partial charge in [0.05, 0.1) is 11.9 Å². The van der Waals surface area contributed by atoms with E-state index in [0.717, 1.165) is 28.3 Å². The molecule has 0 fully saturated rings. The molecule has 2 aromatic carbocycles. The molecule has 39 heavy (non-hydrogen) atoms. The van der Waals surface area contributed by atoms with Crippen molar-refractivity contribution in [1.82, 2.24) is 14.3 Å². The van der Waals surface area contributed by atoms with Gasteiger partial charge in [-0.2, -0.15) is 9.11 Å². The lowest BCUT2D eigenvalue weighted by Gasteiger charge is -2.14. The summed E-state index contributed by atoms with van der Waals surface area (Å²) in [6.45, 7) is -0.311. The number of nitrogens with zero attached hydrogens (tertiary/aromatic N) is 2. The van der Waals surface area contributed by atoms with E-state index >= 15 is 0 Å². The number of hydrogen-bond donors (Lipinski definition) is 3. The molecule has 0 amide bonds. The molecule has 0 aliphatic heterocycles. The van der Waals surface area contributed by atoms with E-state index in [9.17, 15) is 17.6 Å². The summed E-state index contributed by atoms with van der Waals surface area (Å²) in [7, 11) is -2.01. The van der Waals surface area contributed by atoms with Crippen LogP contribution in [0.25, 0.3) is 27.7 Å². The fourth-order valence-corrected chi connectivity index (χ4v) is 5.91. The Bertz CT molecular complexity index is 1770. The van der Waals surface area contributed by atoms with E-state index in [1.807, 2.05) is 55.6 Å². The average Bonchev–Trinajstić information content (AvgIpc) is 3.41. The normalized spacial score (nSPS) is 11.5. The van der Waals surface area contributed by atoms with Crippen molar-refractivity contribution in [2.75, 3.05) is 31.1 Å². The Morgan fingerprint density at radius 3 is 2.46 bits per heavy atom. The smallest absolute Gasteiger partial charge is 0.264 e. The molecule has 5 rings (SSSR count). The number of benzene rings is 2. The van der Waals surface area contributed by atoms with Crippen LogP contribution < -0.4 is 20.9 Å². The second-order valence-electron chi connectivity index (χ2n) is 8.38. The predicted octanol–water partition coefficient (Wildman–Crippen LogP) is 4.62. The number of rotatable bonds is 10. The van der Waals surface area contributed by atoms with Crippen molar-refractivity contribution in [3.8, 4) is 16.9 Å². The maximum absolute atomic E-state index is 13.4. The van der Waals surface area contributed by atoms with Gasteiger partial charge in [0.1, 0.15) is 23.5 Å². The number of hydrogen-bond acceptors (Lipinski definition) is 8. The molecule has 200 valence electrons. The van der Waals surface area contributed by atoms with Gasteiger partial charge in [-0.1, -0.05) is 41.7 Å². The Balaban J connectivity index is 1.31. The summed E-state index contributed by atoms with van der Waals surface area (Å²) in [6.07, 6.45) is 3.35. The lowest BCUT2D eigenvalue weighted by molar-refractivity contribution is 0.149. The predicted molar refractivity (Wildman–Crippen MR) is 151 cm³/mol. The third-order valence-corrected chi connectivity index (χ3v) is 8.67. The minimum Gasteiger partial charge on any atom is -0.388 e. The number of sulfonamides is 1. The summed E-state index contributed by atoms with van der Waals surface area (Å²) in [5, 5.41) is 6.92. The van der Waals surface area contributed by atoms with E-state index in [-0.39, 0.29) is 23.2 Å². The van der Waals surface area contributed by atoms with E-state index in [4.69, 9.17) is 4.74 Å². The highest BCUT2D eigenvalue weighted by molar-refractivity contribution is 7.91. The van der Waals surface area contributed by atoms with Gasteiger partial charge in [0.2, 0.25) is 0 Å². The number of pyridine rings is 2. The fraction of sp³-hybridized carbons (Fsp3) is 0.111. The molecule has 3 N–H and O–H groups in total. The van der Waals surface area contributed by atoms with Crippen molar-refractivity contribution < 1.29 is 17.5 Å². The van der Waals surface area contributed by atoms with Crippen molar-refractivity contribution in [3.05, 3.63) is 101 Å². The Morgan fingerprint density at radius 1 is 0.974 bits per heavy atom. The van der Waals surface area contributed by atoms with E-state index in [1.165, 1.54) is 10.6 Å². The molecule has 9 nitrogen and oxygen atoms in total. The number of halogens is 1. The molecular formula is C27H24FN5O4S2. The molecule has 5 aromatic rings. The van der Waals surface area contributed by atoms with Gasteiger partial charge in [-0.3, -0.25) is 9.36 Å². The molecule has 12 heteroatoms. The minimum atomic E-state index is -3.84. The maximum Gasteiger partial charge on any atom is 0.264 e. The Kier molecular flexibility index (Phi) is 7.70. The number of ether oxygens (including phenoxy) is 1. The largest absolute Gasteiger partial charge is 0.388 e. The first kappa shape index (κ1) is 26.5. The first-order chi connectivity index (χ1) is 18.9. The Morgan fingerprint density at radius 2 is 1.77 bits per heavy atom. The first-order valence-corrected chi connectivity index (χ1v) is 14.1. The molecule has 0 bridgehead atoms. The number of fused-ring (bicyclic) bond motifs is 1. The van der Waals surface area contributed by atoms with Crippen LogP contribution in [0.3, 0.4) is 0 Å². The standard InChI is InChI=1S/C27H24FN5O4S2/c1-29-19-7-9-21-22(13-19)23(18-5-3-2-4-6-18)15-33(27(21)34)25-11-8-20(14-30-25)31-16-37-17-32-39(35,36)26-12-10-24(28)38-26/h2-15,29,31-32H,16-17H2,1H3. The third-order valence-electron chi connectivity index (χ3n) is 5.93. The summed E-state index contributed by atoms with van der Waals surface area (Å²) < 4.78 is 46.2. The highest BCUT2D eigenvalue weighted by atomic mass is 32.2. The zero-order chi connectivity index (χ0) is 27.4. The topological polar surface area (TPSA) is 114 Å². The van der Waals surface area contributed by atoms with Crippen LogP contribution in [0.1, 0.15) is 0 Å². The van der Waals surface area contributed by atoms with Crippen LogP contribution in [0.4, 0.5) is 15.8 Å². The van der Waals surface area contributed by atoms with Crippen molar-refractivity contribution in [2.45, 2.75) is 4.21 Å². The number of aromatic nitrogens is 2. The lowest BCUT2D eigenvalue weighted by Crippen LogP contribution is -2.27. The first-order valence-electron chi connectivity index (χ1n) is 11.8. The highest BCUT2D eigenvalue weighted by Gasteiger charge is 2.16. The van der Waals surface area contributed by atoms with Crippen LogP contribution >= 0.6 is 11.3 Å². The summed E-state index contributed by atoms with van der Waals surface area (Å²) >= 11 is 0.534. The molecule has 0 aliphatic rings. The Labute approximate surface area is 228 Å². The van der Waals surface area contributed by atoms with Gasteiger partial charge in [-0.15, -0.1) is 0 Å². The maximum atomic E-state index is 13.4. The molecule has 3 heterocycles. The molecular weight excluding hydrogens is 541 g/mol. The highest BCUT2D eigenvalue weighted by Crippen LogP contribution is 2.29. The zero-order valence-corrected chi connectivity index (χ0v) is 22.4. The summed E-state index contributed by atoms with van der Waals surface area (Å²) in [4.78, 5) is 17.9. The van der Waals surface area contributed by atoms with Gasteiger partial charge < -0.3 is 15.4 Å². The number of anilines is 2. The van der Waals surface area contributed by atoms with Crippen LogP contribution in [-0.4, -0.2) is 38.5 Å². The van der Waals surface area contributed by atoms with Gasteiger partial charge in [0.15, 0.2) is 5.13 Å².